The number of benzene rings is 2. The fourth-order valence-electron chi connectivity index (χ4n) is 7.91. The van der Waals surface area contributed by atoms with Crippen molar-refractivity contribution in [1.82, 2.24) is 0 Å². The molecule has 1 saturated heterocycles. The van der Waals surface area contributed by atoms with Crippen LogP contribution in [0.3, 0.4) is 0 Å². The third kappa shape index (κ3) is 9.85. The molecule has 286 valence electrons. The van der Waals surface area contributed by atoms with Crippen LogP contribution >= 0.6 is 11.6 Å². The summed E-state index contributed by atoms with van der Waals surface area (Å²) in [4.78, 5) is 29.3. The van der Waals surface area contributed by atoms with Crippen molar-refractivity contribution in [3.05, 3.63) is 70.3 Å². The first-order valence-corrected chi connectivity index (χ1v) is 21.3. The summed E-state index contributed by atoms with van der Waals surface area (Å²) in [6.07, 6.45) is 9.52. The van der Waals surface area contributed by atoms with Gasteiger partial charge in [0.15, 0.2) is 5.78 Å². The van der Waals surface area contributed by atoms with E-state index in [1.165, 1.54) is 11.1 Å². The maximum atomic E-state index is 14.3. The number of ketones is 1. The smallest absolute Gasteiger partial charge is 0.285 e. The Labute approximate surface area is 315 Å². The summed E-state index contributed by atoms with van der Waals surface area (Å²) in [7, 11) is -1.47. The third-order valence-corrected chi connectivity index (χ3v) is 13.4. The fourth-order valence-corrected chi connectivity index (χ4v) is 10.0. The lowest BCUT2D eigenvalue weighted by Crippen LogP contribution is -2.47. The molecule has 11 heteroatoms. The van der Waals surface area contributed by atoms with Gasteiger partial charge in [-0.1, -0.05) is 57.5 Å². The van der Waals surface area contributed by atoms with Crippen molar-refractivity contribution in [3.63, 3.8) is 0 Å². The molecule has 1 amide bonds. The Morgan fingerprint density at radius 2 is 1.90 bits per heavy atom. The summed E-state index contributed by atoms with van der Waals surface area (Å²) in [5, 5.41) is 0.738. The van der Waals surface area contributed by atoms with Crippen molar-refractivity contribution in [2.75, 3.05) is 63.0 Å². The number of carbonyl (C=O) groups excluding carboxylic acids is 2. The summed E-state index contributed by atoms with van der Waals surface area (Å²) in [6, 6.07) is 11.6. The first-order chi connectivity index (χ1) is 25.1. The number of Topliss-reactive ketones (excluding diaryl/α,β-unsaturated/α-hetero) is 1. The fraction of sp³-hybridized carbons (Fsp3) is 0.610. The van der Waals surface area contributed by atoms with E-state index < -0.39 is 15.6 Å². The summed E-state index contributed by atoms with van der Waals surface area (Å²) < 4.78 is 42.5. The highest BCUT2D eigenvalue weighted by molar-refractivity contribution is 7.94. The molecule has 52 heavy (non-hydrogen) atoms. The number of allylic oxidation sites excluding steroid dienone is 1. The number of hydrogen-bond acceptors (Lipinski definition) is 8. The van der Waals surface area contributed by atoms with Gasteiger partial charge in [-0.05, 0) is 98.2 Å². The summed E-state index contributed by atoms with van der Waals surface area (Å²) in [6.45, 7) is 11.4. The van der Waals surface area contributed by atoms with E-state index in [1.54, 1.807) is 13.2 Å². The zero-order valence-corrected chi connectivity index (χ0v) is 33.1. The van der Waals surface area contributed by atoms with Crippen molar-refractivity contribution in [2.45, 2.75) is 90.3 Å². The van der Waals surface area contributed by atoms with Crippen molar-refractivity contribution >= 4 is 38.7 Å². The third-order valence-electron chi connectivity index (χ3n) is 10.9. The average Bonchev–Trinajstić information content (AvgIpc) is 3.29. The Morgan fingerprint density at radius 3 is 2.67 bits per heavy atom. The molecule has 3 aliphatic heterocycles. The van der Waals surface area contributed by atoms with Gasteiger partial charge in [-0.2, -0.15) is 4.36 Å². The van der Waals surface area contributed by atoms with Gasteiger partial charge in [0.25, 0.3) is 5.91 Å². The van der Waals surface area contributed by atoms with E-state index in [1.807, 2.05) is 32.0 Å². The molecule has 6 rings (SSSR count). The van der Waals surface area contributed by atoms with E-state index >= 15 is 0 Å². The molecule has 1 aliphatic carbocycles. The molecule has 1 fully saturated rings. The monoisotopic (exact) mass is 756 g/mol. The zero-order chi connectivity index (χ0) is 37.3. The Hall–Kier alpha value is -2.76. The topological polar surface area (TPSA) is 104 Å². The summed E-state index contributed by atoms with van der Waals surface area (Å²) >= 11 is 6.44. The molecule has 2 aromatic rings. The molecule has 9 nitrogen and oxygen atoms in total. The molecule has 0 unspecified atom stereocenters. The minimum atomic E-state index is -3.21. The lowest BCUT2D eigenvalue weighted by atomic mass is 9.70. The Kier molecular flexibility index (Phi) is 14.4. The van der Waals surface area contributed by atoms with Crippen molar-refractivity contribution < 1.29 is 32.7 Å². The van der Waals surface area contributed by atoms with Gasteiger partial charge in [-0.15, -0.1) is 0 Å². The van der Waals surface area contributed by atoms with Gasteiger partial charge in [0.1, 0.15) is 12.4 Å². The summed E-state index contributed by atoms with van der Waals surface area (Å²) in [5.41, 5.74) is 3.40. The molecular weight excluding hydrogens is 700 g/mol. The Bertz CT molecular complexity index is 1700. The van der Waals surface area contributed by atoms with Crippen molar-refractivity contribution in [1.29, 1.82) is 0 Å². The average molecular weight is 757 g/mol. The second-order valence-corrected chi connectivity index (χ2v) is 17.4. The van der Waals surface area contributed by atoms with E-state index in [0.717, 1.165) is 42.8 Å². The van der Waals surface area contributed by atoms with Crippen molar-refractivity contribution in [3.8, 4) is 5.75 Å². The number of fused-ring (bicyclic) bond motifs is 3. The minimum Gasteiger partial charge on any atom is -0.490 e. The molecule has 2 aromatic carbocycles. The zero-order valence-electron chi connectivity index (χ0n) is 31.6. The van der Waals surface area contributed by atoms with Gasteiger partial charge in [0.05, 0.1) is 40.0 Å². The van der Waals surface area contributed by atoms with Crippen LogP contribution in [0.1, 0.15) is 87.7 Å². The highest BCUT2D eigenvalue weighted by atomic mass is 35.5. The van der Waals surface area contributed by atoms with E-state index in [-0.39, 0.29) is 53.4 Å². The quantitative estimate of drug-likeness (QED) is 0.275. The number of hydrogen-bond donors (Lipinski definition) is 0. The number of amides is 1. The summed E-state index contributed by atoms with van der Waals surface area (Å²) in [5.74, 6) is 0.00920. The van der Waals surface area contributed by atoms with Gasteiger partial charge in [0, 0.05) is 55.2 Å². The van der Waals surface area contributed by atoms with Gasteiger partial charge >= 0.3 is 0 Å². The first-order valence-electron chi connectivity index (χ1n) is 19.1. The second-order valence-electron chi connectivity index (χ2n) is 14.6. The molecule has 4 aliphatic rings. The number of carbonyl (C=O) groups is 2. The first kappa shape index (κ1) is 40.4. The van der Waals surface area contributed by atoms with E-state index in [2.05, 4.69) is 47.4 Å². The molecular formula is C41H57ClN2O7S. The number of anilines is 1. The SMILES string of the molecule is CC.CO[C@H]1/C=C/CCC[S@@](=O)(CC(=O)COC2CCOCC2)=NC(=O)c2ccc3c(c2)N(C[C@H](C)[C@H]1C)C[C@@]1(CCCc2cc(Cl)ccc21)CO3. The number of ether oxygens (including phenoxy) is 4. The van der Waals surface area contributed by atoms with Gasteiger partial charge < -0.3 is 23.8 Å². The molecule has 0 radical (unpaired) electrons. The van der Waals surface area contributed by atoms with Gasteiger partial charge in [0.2, 0.25) is 0 Å². The van der Waals surface area contributed by atoms with Crippen LogP contribution in [0.5, 0.6) is 5.75 Å². The lowest BCUT2D eigenvalue weighted by molar-refractivity contribution is -0.125. The molecule has 0 aromatic heterocycles. The predicted molar refractivity (Wildman–Crippen MR) is 208 cm³/mol. The van der Waals surface area contributed by atoms with Crippen LogP contribution < -0.4 is 9.64 Å². The molecule has 0 saturated carbocycles. The lowest BCUT2D eigenvalue weighted by Gasteiger charge is -2.42. The van der Waals surface area contributed by atoms with Crippen LogP contribution in [0.15, 0.2) is 52.9 Å². The minimum absolute atomic E-state index is 0.0615. The second kappa shape index (κ2) is 18.5. The standard InChI is InChI=1S/C39H51ClN2O7S.C2H6/c1-27-22-42-25-39(16-7-8-29-20-31(40)11-12-34(29)39)26-49-37-13-10-30(21-35(37)42)38(44)41-50(45,19-6-4-5-9-36(46-3)28(27)2)24-32(43)23-48-33-14-17-47-18-15-33;1-2/h5,9-13,20-21,27-28,33,36H,4,6-8,14-19,22-26H2,1-3H3;1-2H3/b9-5+;/t27-,28+,36-,39-,50+;/m0./s1. The van der Waals surface area contributed by atoms with Crippen LogP contribution in [0.25, 0.3) is 0 Å². The predicted octanol–water partition coefficient (Wildman–Crippen LogP) is 7.85. The Morgan fingerprint density at radius 1 is 1.12 bits per heavy atom. The van der Waals surface area contributed by atoms with Gasteiger partial charge in [-0.25, -0.2) is 4.21 Å². The van der Waals surface area contributed by atoms with E-state index in [9.17, 15) is 13.8 Å². The molecule has 1 spiro atoms. The number of nitrogens with zero attached hydrogens (tertiary/aromatic N) is 2. The highest BCUT2D eigenvalue weighted by Gasteiger charge is 2.42. The number of methoxy groups -OCH3 is 1. The number of aryl methyl sites for hydroxylation is 1. The number of rotatable bonds is 6. The molecule has 3 heterocycles. The van der Waals surface area contributed by atoms with Crippen LogP contribution in [-0.4, -0.2) is 86.2 Å². The largest absolute Gasteiger partial charge is 0.490 e. The van der Waals surface area contributed by atoms with E-state index in [0.29, 0.717) is 57.1 Å². The normalized spacial score (nSPS) is 29.1. The number of halogens is 1. The molecule has 5 atom stereocenters. The maximum absolute atomic E-state index is 14.3. The van der Waals surface area contributed by atoms with Crippen LogP contribution in [-0.2, 0) is 40.6 Å². The van der Waals surface area contributed by atoms with Gasteiger partial charge in [-0.3, -0.25) is 9.59 Å². The maximum Gasteiger partial charge on any atom is 0.285 e. The highest BCUT2D eigenvalue weighted by Crippen LogP contribution is 2.45. The van der Waals surface area contributed by atoms with Crippen LogP contribution in [0, 0.1) is 11.8 Å². The van der Waals surface area contributed by atoms with E-state index in [4.69, 9.17) is 30.5 Å². The van der Waals surface area contributed by atoms with Crippen LogP contribution in [0.4, 0.5) is 5.69 Å². The molecule has 0 N–H and O–H groups in total. The molecule has 2 bridgehead atoms. The van der Waals surface area contributed by atoms with Crippen LogP contribution in [0.2, 0.25) is 5.02 Å². The Balaban J connectivity index is 0.00000257. The van der Waals surface area contributed by atoms with Crippen molar-refractivity contribution in [2.24, 2.45) is 16.2 Å².